The molecule has 0 bridgehead atoms. The first-order valence-corrected chi connectivity index (χ1v) is 19.8. The van der Waals surface area contributed by atoms with E-state index in [2.05, 4.69) is 25.6 Å². The van der Waals surface area contributed by atoms with Crippen LogP contribution in [-0.2, 0) is 20.7 Å². The van der Waals surface area contributed by atoms with E-state index in [4.69, 9.17) is 9.47 Å². The number of aryl methyl sites for hydroxylation is 1. The summed E-state index contributed by atoms with van der Waals surface area (Å²) in [5.41, 5.74) is 2.74. The molecule has 1 aromatic carbocycles. The van der Waals surface area contributed by atoms with E-state index < -0.39 is 12.6 Å². The molecular weight excluding hydrogens is 615 g/mol. The summed E-state index contributed by atoms with van der Waals surface area (Å²) in [6, 6.07) is 6.13. The predicted molar refractivity (Wildman–Crippen MR) is 194 cm³/mol. The van der Waals surface area contributed by atoms with Crippen LogP contribution in [0.5, 0.6) is 0 Å². The molecule has 0 radical (unpaired) electrons. The number of aliphatic hydroxyl groups excluding tert-OH is 2. The molecule has 5 nitrogen and oxygen atoms in total. The van der Waals surface area contributed by atoms with Crippen molar-refractivity contribution in [1.29, 1.82) is 0 Å². The highest BCUT2D eigenvalue weighted by atomic mass is 19.1. The summed E-state index contributed by atoms with van der Waals surface area (Å²) in [5.74, 6) is 4.88. The third kappa shape index (κ3) is 10.5. The Kier molecular flexibility index (Phi) is 14.8. The van der Waals surface area contributed by atoms with Crippen molar-refractivity contribution < 1.29 is 28.9 Å². The zero-order valence-corrected chi connectivity index (χ0v) is 30.2. The molecule has 0 spiro atoms. The van der Waals surface area contributed by atoms with Crippen molar-refractivity contribution in [3.63, 3.8) is 0 Å². The Hall–Kier alpha value is -2.44. The number of carbonyl (C=O) groups is 1. The molecule has 4 aliphatic rings. The molecule has 1 aliphatic heterocycles. The molecule has 1 unspecified atom stereocenters. The van der Waals surface area contributed by atoms with E-state index in [1.165, 1.54) is 102 Å². The lowest BCUT2D eigenvalue weighted by Gasteiger charge is -2.42. The predicted octanol–water partition coefficient (Wildman–Crippen LogP) is 9.77. The van der Waals surface area contributed by atoms with Crippen LogP contribution in [-0.4, -0.2) is 42.6 Å². The van der Waals surface area contributed by atoms with Crippen molar-refractivity contribution in [2.24, 2.45) is 35.5 Å². The van der Waals surface area contributed by atoms with Crippen LogP contribution in [0.2, 0.25) is 0 Å². The van der Waals surface area contributed by atoms with Crippen molar-refractivity contribution in [2.45, 2.75) is 128 Å². The highest BCUT2D eigenvalue weighted by Crippen LogP contribution is 2.48. The highest BCUT2D eigenvalue weighted by molar-refractivity contribution is 5.89. The van der Waals surface area contributed by atoms with Gasteiger partial charge in [-0.15, -0.1) is 0 Å². The monoisotopic (exact) mass is 678 g/mol. The maximum absolute atomic E-state index is 14.8. The fraction of sp³-hybridized carbons (Fsp3) is 0.698. The topological polar surface area (TPSA) is 76.0 Å². The van der Waals surface area contributed by atoms with Gasteiger partial charge >= 0.3 is 5.97 Å². The average Bonchev–Trinajstić information content (AvgIpc) is 3.13. The quantitative estimate of drug-likeness (QED) is 0.180. The van der Waals surface area contributed by atoms with Crippen LogP contribution in [0, 0.1) is 41.3 Å². The van der Waals surface area contributed by atoms with E-state index in [1.54, 1.807) is 6.08 Å². The molecule has 1 aromatic rings. The molecular formula is C43H63FO5. The lowest BCUT2D eigenvalue weighted by Crippen LogP contribution is -2.31. The minimum atomic E-state index is -0.502. The Balaban J connectivity index is 1.05. The van der Waals surface area contributed by atoms with Crippen molar-refractivity contribution in [2.75, 3.05) is 26.4 Å². The second-order valence-electron chi connectivity index (χ2n) is 15.7. The zero-order valence-electron chi connectivity index (χ0n) is 30.2. The Morgan fingerprint density at radius 3 is 1.80 bits per heavy atom. The summed E-state index contributed by atoms with van der Waals surface area (Å²) in [4.78, 5) is 12.6. The van der Waals surface area contributed by atoms with Crippen LogP contribution in [0.1, 0.15) is 133 Å². The summed E-state index contributed by atoms with van der Waals surface area (Å²) < 4.78 is 26.5. The minimum Gasteiger partial charge on any atom is -0.493 e. The van der Waals surface area contributed by atoms with E-state index in [-0.39, 0.29) is 18.0 Å². The summed E-state index contributed by atoms with van der Waals surface area (Å²) >= 11 is 0. The Bertz CT molecular complexity index is 1260. The van der Waals surface area contributed by atoms with E-state index in [0.717, 1.165) is 54.9 Å². The lowest BCUT2D eigenvalue weighted by atomic mass is 9.63. The smallest absolute Gasteiger partial charge is 0.336 e. The van der Waals surface area contributed by atoms with Gasteiger partial charge in [-0.25, -0.2) is 9.18 Å². The second kappa shape index (κ2) is 19.2. The van der Waals surface area contributed by atoms with Gasteiger partial charge in [0.25, 0.3) is 0 Å². The number of halogens is 1. The number of hydrogen-bond acceptors (Lipinski definition) is 5. The molecule has 0 amide bonds. The molecule has 3 aliphatic carbocycles. The number of aliphatic hydroxyl groups is 2. The van der Waals surface area contributed by atoms with Gasteiger partial charge in [0, 0.05) is 5.57 Å². The molecule has 272 valence electrons. The first kappa shape index (κ1) is 37.8. The molecule has 2 N–H and O–H groups in total. The van der Waals surface area contributed by atoms with E-state index in [9.17, 15) is 19.4 Å². The van der Waals surface area contributed by atoms with Gasteiger partial charge < -0.3 is 19.7 Å². The average molecular weight is 679 g/mol. The zero-order chi connectivity index (χ0) is 34.6. The number of unbranched alkanes of at least 4 members (excludes halogenated alkanes) is 2. The van der Waals surface area contributed by atoms with Crippen molar-refractivity contribution in [3.8, 4) is 0 Å². The van der Waals surface area contributed by atoms with Crippen LogP contribution >= 0.6 is 0 Å². The molecule has 5 rings (SSSR count). The maximum atomic E-state index is 14.8. The van der Waals surface area contributed by atoms with E-state index >= 15 is 0 Å². The number of ether oxygens (including phenoxy) is 2. The van der Waals surface area contributed by atoms with Crippen LogP contribution in [0.4, 0.5) is 4.39 Å². The summed E-state index contributed by atoms with van der Waals surface area (Å²) in [5, 5.41) is 19.3. The molecule has 1 atom stereocenters. The van der Waals surface area contributed by atoms with Gasteiger partial charge in [-0.2, -0.15) is 0 Å². The molecule has 6 heteroatoms. The number of carbonyl (C=O) groups excluding carboxylic acids is 1. The van der Waals surface area contributed by atoms with Crippen LogP contribution in [0.25, 0.3) is 0 Å². The largest absolute Gasteiger partial charge is 0.493 e. The molecule has 0 aromatic heterocycles. The van der Waals surface area contributed by atoms with Gasteiger partial charge in [-0.3, -0.25) is 0 Å². The van der Waals surface area contributed by atoms with E-state index in [0.29, 0.717) is 42.3 Å². The van der Waals surface area contributed by atoms with Gasteiger partial charge in [0.2, 0.25) is 0 Å². The maximum Gasteiger partial charge on any atom is 0.336 e. The Morgan fingerprint density at radius 1 is 0.755 bits per heavy atom. The number of benzene rings is 1. The highest BCUT2D eigenvalue weighted by Gasteiger charge is 2.36. The number of esters is 1. The van der Waals surface area contributed by atoms with Crippen LogP contribution in [0.3, 0.4) is 0 Å². The summed E-state index contributed by atoms with van der Waals surface area (Å²) in [7, 11) is 0. The Labute approximate surface area is 295 Å². The standard InChI is InChI=1S/C43H63FO5/c1-3-4-5-6-38-19-20-39(27-41(38)44)36-17-15-34(16-18-36)32-9-7-31(8-10-32)33-11-13-35(14-12-33)37-23-25-48-42(30(2)28-45)22-21-40(29-46)43(47)49-26-24-37/h19-22,27,31-37,45-46H,2-18,23-26,28-29H2,1H3/b40-21+,42-22-. The molecule has 3 fully saturated rings. The van der Waals surface area contributed by atoms with Crippen LogP contribution < -0.4 is 0 Å². The third-order valence-electron chi connectivity index (χ3n) is 12.9. The fourth-order valence-corrected chi connectivity index (χ4v) is 9.72. The summed E-state index contributed by atoms with van der Waals surface area (Å²) in [6.45, 7) is 6.32. The van der Waals surface area contributed by atoms with Gasteiger partial charge in [0.1, 0.15) is 11.6 Å². The normalized spacial score (nSPS) is 32.7. The van der Waals surface area contributed by atoms with Crippen molar-refractivity contribution in [3.05, 3.63) is 70.8 Å². The second-order valence-corrected chi connectivity index (χ2v) is 15.7. The minimum absolute atomic E-state index is 0.0100. The van der Waals surface area contributed by atoms with Crippen molar-refractivity contribution in [1.82, 2.24) is 0 Å². The SMILES string of the molecule is C=C(CO)/C1=C/C=C(\CO)C(=O)OCCC(C2CCC(C3CCC(C4CCC(c5ccc(CCCCC)c(F)c5)CC4)CC3)CC2)CCO1. The Morgan fingerprint density at radius 2 is 1.29 bits per heavy atom. The first-order valence-electron chi connectivity index (χ1n) is 19.8. The number of rotatable bonds is 11. The molecule has 49 heavy (non-hydrogen) atoms. The van der Waals surface area contributed by atoms with Crippen molar-refractivity contribution >= 4 is 5.97 Å². The van der Waals surface area contributed by atoms with Crippen LogP contribution in [0.15, 0.2) is 53.8 Å². The third-order valence-corrected chi connectivity index (χ3v) is 12.9. The molecule has 1 heterocycles. The van der Waals surface area contributed by atoms with Gasteiger partial charge in [-0.1, -0.05) is 38.5 Å². The summed E-state index contributed by atoms with van der Waals surface area (Å²) in [6.07, 6.45) is 24.6. The number of hydrogen-bond donors (Lipinski definition) is 2. The number of allylic oxidation sites excluding steroid dienone is 2. The molecule has 0 saturated heterocycles. The molecule has 3 saturated carbocycles. The lowest BCUT2D eigenvalue weighted by molar-refractivity contribution is -0.140. The van der Waals surface area contributed by atoms with E-state index in [1.807, 2.05) is 6.07 Å². The van der Waals surface area contributed by atoms with Gasteiger partial charge in [0.05, 0.1) is 32.0 Å². The number of cyclic esters (lactones) is 1. The van der Waals surface area contributed by atoms with Gasteiger partial charge in [-0.05, 0) is 174 Å². The van der Waals surface area contributed by atoms with Gasteiger partial charge in [0.15, 0.2) is 0 Å². The first-order chi connectivity index (χ1) is 23.9. The fourth-order valence-electron chi connectivity index (χ4n) is 9.72.